The Morgan fingerprint density at radius 3 is 2.77 bits per heavy atom. The van der Waals surface area contributed by atoms with Crippen LogP contribution in [0.2, 0.25) is 0 Å². The SMILES string of the molecule is CC1(C(O)c2ccsn2)CCCC1. The maximum Gasteiger partial charge on any atom is 0.102 e. The van der Waals surface area contributed by atoms with Gasteiger partial charge in [-0.2, -0.15) is 4.37 Å². The summed E-state index contributed by atoms with van der Waals surface area (Å²) in [5.74, 6) is 0. The molecule has 1 fully saturated rings. The van der Waals surface area contributed by atoms with Crippen LogP contribution in [0.25, 0.3) is 0 Å². The third-order valence-electron chi connectivity index (χ3n) is 3.14. The summed E-state index contributed by atoms with van der Waals surface area (Å²) in [6, 6.07) is 1.93. The minimum atomic E-state index is -0.360. The maximum atomic E-state index is 10.1. The van der Waals surface area contributed by atoms with Crippen LogP contribution in [0.3, 0.4) is 0 Å². The number of nitrogens with zero attached hydrogens (tertiary/aromatic N) is 1. The van der Waals surface area contributed by atoms with Crippen LogP contribution < -0.4 is 0 Å². The minimum absolute atomic E-state index is 0.0775. The molecule has 13 heavy (non-hydrogen) atoms. The quantitative estimate of drug-likeness (QED) is 0.790. The standard InChI is InChI=1S/C10H15NOS/c1-10(5-2-3-6-10)9(12)8-4-7-13-11-8/h4,7,9,12H,2-3,5-6H2,1H3. The van der Waals surface area contributed by atoms with Gasteiger partial charge in [0.15, 0.2) is 0 Å². The fourth-order valence-corrected chi connectivity index (χ4v) is 2.72. The number of hydrogen-bond acceptors (Lipinski definition) is 3. The van der Waals surface area contributed by atoms with Crippen LogP contribution in [0.5, 0.6) is 0 Å². The molecule has 1 aliphatic rings. The summed E-state index contributed by atoms with van der Waals surface area (Å²) >= 11 is 1.42. The Bertz CT molecular complexity index is 264. The van der Waals surface area contributed by atoms with Crippen LogP contribution in [0, 0.1) is 5.41 Å². The molecule has 1 atom stereocenters. The maximum absolute atomic E-state index is 10.1. The second-order valence-electron chi connectivity index (χ2n) is 4.19. The van der Waals surface area contributed by atoms with Crippen LogP contribution in [0.4, 0.5) is 0 Å². The molecule has 1 aliphatic carbocycles. The predicted molar refractivity (Wildman–Crippen MR) is 53.6 cm³/mol. The van der Waals surface area contributed by atoms with Crippen LogP contribution in [0.15, 0.2) is 11.4 Å². The van der Waals surface area contributed by atoms with E-state index in [1.165, 1.54) is 24.4 Å². The fraction of sp³-hybridized carbons (Fsp3) is 0.700. The number of hydrogen-bond donors (Lipinski definition) is 1. The van der Waals surface area contributed by atoms with Gasteiger partial charge >= 0.3 is 0 Å². The largest absolute Gasteiger partial charge is 0.386 e. The highest BCUT2D eigenvalue weighted by Gasteiger charge is 2.37. The summed E-state index contributed by atoms with van der Waals surface area (Å²) in [7, 11) is 0. The first-order valence-electron chi connectivity index (χ1n) is 4.81. The normalized spacial score (nSPS) is 23.2. The molecular formula is C10H15NOS. The first kappa shape index (κ1) is 9.16. The monoisotopic (exact) mass is 197 g/mol. The lowest BCUT2D eigenvalue weighted by Crippen LogP contribution is -2.22. The van der Waals surface area contributed by atoms with Crippen molar-refractivity contribution in [2.24, 2.45) is 5.41 Å². The summed E-state index contributed by atoms with van der Waals surface area (Å²) in [5.41, 5.74) is 0.933. The van der Waals surface area contributed by atoms with E-state index in [4.69, 9.17) is 0 Å². The summed E-state index contributed by atoms with van der Waals surface area (Å²) in [4.78, 5) is 0. The van der Waals surface area contributed by atoms with Crippen molar-refractivity contribution < 1.29 is 5.11 Å². The van der Waals surface area contributed by atoms with Crippen molar-refractivity contribution in [3.63, 3.8) is 0 Å². The van der Waals surface area contributed by atoms with Gasteiger partial charge in [-0.15, -0.1) is 0 Å². The van der Waals surface area contributed by atoms with Gasteiger partial charge in [0.2, 0.25) is 0 Å². The molecule has 72 valence electrons. The van der Waals surface area contributed by atoms with E-state index >= 15 is 0 Å². The second-order valence-corrected chi connectivity index (χ2v) is 4.85. The lowest BCUT2D eigenvalue weighted by atomic mass is 9.81. The van der Waals surface area contributed by atoms with Crippen molar-refractivity contribution in [3.8, 4) is 0 Å². The third-order valence-corrected chi connectivity index (χ3v) is 3.72. The van der Waals surface area contributed by atoms with Gasteiger partial charge in [0.25, 0.3) is 0 Å². The van der Waals surface area contributed by atoms with Gasteiger partial charge in [0.05, 0.1) is 5.69 Å². The lowest BCUT2D eigenvalue weighted by Gasteiger charge is -2.28. The number of rotatable bonds is 2. The topological polar surface area (TPSA) is 33.1 Å². The first-order valence-corrected chi connectivity index (χ1v) is 5.64. The average molecular weight is 197 g/mol. The molecule has 1 unspecified atom stereocenters. The predicted octanol–water partition coefficient (Wildman–Crippen LogP) is 2.76. The van der Waals surface area contributed by atoms with Gasteiger partial charge in [-0.25, -0.2) is 0 Å². The van der Waals surface area contributed by atoms with Crippen LogP contribution in [0.1, 0.15) is 44.4 Å². The average Bonchev–Trinajstić information content (AvgIpc) is 2.73. The van der Waals surface area contributed by atoms with E-state index in [1.54, 1.807) is 0 Å². The van der Waals surface area contributed by atoms with Crippen LogP contribution >= 0.6 is 11.5 Å². The highest BCUT2D eigenvalue weighted by molar-refractivity contribution is 7.03. The molecule has 0 amide bonds. The Kier molecular flexibility index (Phi) is 2.39. The lowest BCUT2D eigenvalue weighted by molar-refractivity contribution is 0.0381. The molecule has 1 N–H and O–H groups in total. The van der Waals surface area contributed by atoms with Crippen molar-refractivity contribution in [3.05, 3.63) is 17.1 Å². The molecule has 0 aliphatic heterocycles. The van der Waals surface area contributed by atoms with Crippen molar-refractivity contribution in [2.75, 3.05) is 0 Å². The van der Waals surface area contributed by atoms with Gasteiger partial charge in [0.1, 0.15) is 6.10 Å². The molecule has 1 saturated carbocycles. The van der Waals surface area contributed by atoms with E-state index in [0.717, 1.165) is 18.5 Å². The number of aliphatic hydroxyl groups excluding tert-OH is 1. The third kappa shape index (κ3) is 1.63. The summed E-state index contributed by atoms with van der Waals surface area (Å²) in [5, 5.41) is 12.0. The van der Waals surface area contributed by atoms with Crippen molar-refractivity contribution >= 4 is 11.5 Å². The zero-order valence-electron chi connectivity index (χ0n) is 7.86. The number of aromatic nitrogens is 1. The van der Waals surface area contributed by atoms with Crippen molar-refractivity contribution in [1.82, 2.24) is 4.37 Å². The van der Waals surface area contributed by atoms with Crippen molar-refractivity contribution in [1.29, 1.82) is 0 Å². The Hall–Kier alpha value is -0.410. The molecule has 0 aromatic carbocycles. The zero-order valence-corrected chi connectivity index (χ0v) is 8.68. The Balaban J connectivity index is 2.16. The van der Waals surface area contributed by atoms with E-state index in [1.807, 2.05) is 11.4 Å². The molecule has 3 heteroatoms. The minimum Gasteiger partial charge on any atom is -0.386 e. The molecule has 1 heterocycles. The molecule has 0 radical (unpaired) electrons. The zero-order chi connectivity index (χ0) is 9.31. The van der Waals surface area contributed by atoms with E-state index in [9.17, 15) is 5.11 Å². The van der Waals surface area contributed by atoms with E-state index in [-0.39, 0.29) is 11.5 Å². The molecule has 1 aromatic heterocycles. The Morgan fingerprint density at radius 2 is 2.23 bits per heavy atom. The Morgan fingerprint density at radius 1 is 1.54 bits per heavy atom. The molecule has 0 bridgehead atoms. The van der Waals surface area contributed by atoms with Crippen molar-refractivity contribution in [2.45, 2.75) is 38.7 Å². The second kappa shape index (κ2) is 3.39. The van der Waals surface area contributed by atoms with Gasteiger partial charge in [-0.1, -0.05) is 19.8 Å². The van der Waals surface area contributed by atoms with E-state index in [0.29, 0.717) is 0 Å². The Labute approximate surface area is 82.8 Å². The molecule has 2 rings (SSSR count). The smallest absolute Gasteiger partial charge is 0.102 e. The molecule has 1 aromatic rings. The highest BCUT2D eigenvalue weighted by Crippen LogP contribution is 2.46. The number of aliphatic hydroxyl groups is 1. The molecular weight excluding hydrogens is 182 g/mol. The van der Waals surface area contributed by atoms with E-state index in [2.05, 4.69) is 11.3 Å². The van der Waals surface area contributed by atoms with Crippen LogP contribution in [-0.2, 0) is 0 Å². The summed E-state index contributed by atoms with van der Waals surface area (Å²) in [6.07, 6.45) is 4.40. The molecule has 2 nitrogen and oxygen atoms in total. The molecule has 0 saturated heterocycles. The highest BCUT2D eigenvalue weighted by atomic mass is 32.1. The van der Waals surface area contributed by atoms with Gasteiger partial charge in [-0.3, -0.25) is 0 Å². The van der Waals surface area contributed by atoms with Gasteiger partial charge < -0.3 is 5.11 Å². The fourth-order valence-electron chi connectivity index (χ4n) is 2.18. The summed E-state index contributed by atoms with van der Waals surface area (Å²) in [6.45, 7) is 2.17. The van der Waals surface area contributed by atoms with Crippen LogP contribution in [-0.4, -0.2) is 9.48 Å². The molecule has 0 spiro atoms. The van der Waals surface area contributed by atoms with E-state index < -0.39 is 0 Å². The van der Waals surface area contributed by atoms with Gasteiger partial charge in [0, 0.05) is 5.38 Å². The first-order chi connectivity index (χ1) is 6.22. The van der Waals surface area contributed by atoms with Gasteiger partial charge in [-0.05, 0) is 35.9 Å². The summed E-state index contributed by atoms with van der Waals surface area (Å²) < 4.78 is 4.20.